The zero-order chi connectivity index (χ0) is 18.3. The average molecular weight is 364 g/mol. The van der Waals surface area contributed by atoms with Crippen LogP contribution >= 0.6 is 0 Å². The smallest absolute Gasteiger partial charge is 0.241 e. The molecule has 0 aliphatic rings. The fourth-order valence-corrected chi connectivity index (χ4v) is 3.59. The molecule has 0 heterocycles. The van der Waals surface area contributed by atoms with E-state index in [1.165, 1.54) is 18.6 Å². The Hall–Kier alpha value is -2.25. The molecular formula is C18H21FN2O3S. The van der Waals surface area contributed by atoms with Gasteiger partial charge in [-0.05, 0) is 49.1 Å². The Bertz CT molecular complexity index is 823. The molecule has 0 aromatic heterocycles. The molecular weight excluding hydrogens is 343 g/mol. The molecule has 0 saturated carbocycles. The molecule has 5 nitrogen and oxygen atoms in total. The van der Waals surface area contributed by atoms with Crippen LogP contribution < -0.4 is 10.0 Å². The molecule has 0 saturated heterocycles. The van der Waals surface area contributed by atoms with Gasteiger partial charge in [-0.15, -0.1) is 0 Å². The third-order valence-electron chi connectivity index (χ3n) is 3.66. The highest BCUT2D eigenvalue weighted by Crippen LogP contribution is 2.15. The van der Waals surface area contributed by atoms with E-state index < -0.39 is 21.7 Å². The molecule has 0 spiro atoms. The van der Waals surface area contributed by atoms with E-state index in [2.05, 4.69) is 10.0 Å². The van der Waals surface area contributed by atoms with E-state index in [1.807, 2.05) is 30.3 Å². The standard InChI is InChI=1S/C18H21FN2O3S/c1-14-12-16(19)9-10-17(14)25(23,24)21-13-18(22)20-11-5-8-15-6-3-2-4-7-15/h2-4,6-7,9-10,12,21H,5,8,11,13H2,1H3,(H,20,22). The van der Waals surface area contributed by atoms with Crippen LogP contribution in [0.4, 0.5) is 4.39 Å². The summed E-state index contributed by atoms with van der Waals surface area (Å²) in [6, 6.07) is 13.3. The third kappa shape index (κ3) is 5.95. The first-order chi connectivity index (χ1) is 11.9. The van der Waals surface area contributed by atoms with Gasteiger partial charge >= 0.3 is 0 Å². The van der Waals surface area contributed by atoms with Crippen molar-refractivity contribution >= 4 is 15.9 Å². The number of aryl methyl sites for hydroxylation is 2. The maximum Gasteiger partial charge on any atom is 0.241 e. The monoisotopic (exact) mass is 364 g/mol. The lowest BCUT2D eigenvalue weighted by Crippen LogP contribution is -2.37. The number of benzene rings is 2. The first-order valence-corrected chi connectivity index (χ1v) is 9.43. The lowest BCUT2D eigenvalue weighted by Gasteiger charge is -2.10. The summed E-state index contributed by atoms with van der Waals surface area (Å²) in [4.78, 5) is 11.7. The first kappa shape index (κ1) is 19.1. The van der Waals surface area contributed by atoms with Gasteiger partial charge in [-0.1, -0.05) is 30.3 Å². The van der Waals surface area contributed by atoms with Crippen molar-refractivity contribution < 1.29 is 17.6 Å². The predicted octanol–water partition coefficient (Wildman–Crippen LogP) is 2.16. The fraction of sp³-hybridized carbons (Fsp3) is 0.278. The topological polar surface area (TPSA) is 75.3 Å². The number of hydrogen-bond donors (Lipinski definition) is 2. The van der Waals surface area contributed by atoms with Gasteiger partial charge in [-0.2, -0.15) is 0 Å². The van der Waals surface area contributed by atoms with Crippen LogP contribution in [0.15, 0.2) is 53.4 Å². The summed E-state index contributed by atoms with van der Waals surface area (Å²) in [5, 5.41) is 2.67. The second-order valence-electron chi connectivity index (χ2n) is 5.67. The Morgan fingerprint density at radius 3 is 2.52 bits per heavy atom. The highest BCUT2D eigenvalue weighted by molar-refractivity contribution is 7.89. The Kier molecular flexibility index (Phi) is 6.66. The molecule has 0 aliphatic heterocycles. The van der Waals surface area contributed by atoms with Gasteiger partial charge in [0, 0.05) is 6.54 Å². The molecule has 0 atom stereocenters. The Morgan fingerprint density at radius 2 is 1.84 bits per heavy atom. The van der Waals surface area contributed by atoms with Gasteiger partial charge in [0.05, 0.1) is 11.4 Å². The molecule has 0 unspecified atom stereocenters. The van der Waals surface area contributed by atoms with Gasteiger partial charge < -0.3 is 5.32 Å². The molecule has 0 bridgehead atoms. The van der Waals surface area contributed by atoms with Crippen LogP contribution in [0.2, 0.25) is 0 Å². The number of carbonyl (C=O) groups is 1. The minimum absolute atomic E-state index is 0.0363. The molecule has 2 aromatic carbocycles. The van der Waals surface area contributed by atoms with Crippen molar-refractivity contribution in [3.8, 4) is 0 Å². The number of amides is 1. The zero-order valence-electron chi connectivity index (χ0n) is 14.0. The van der Waals surface area contributed by atoms with E-state index in [0.717, 1.165) is 25.0 Å². The van der Waals surface area contributed by atoms with Crippen LogP contribution in [0.3, 0.4) is 0 Å². The van der Waals surface area contributed by atoms with E-state index in [-0.39, 0.29) is 17.0 Å². The number of halogens is 1. The summed E-state index contributed by atoms with van der Waals surface area (Å²) in [5.74, 6) is -0.913. The van der Waals surface area contributed by atoms with Gasteiger partial charge in [0.1, 0.15) is 5.82 Å². The summed E-state index contributed by atoms with van der Waals surface area (Å²) in [5.41, 5.74) is 1.47. The van der Waals surface area contributed by atoms with Crippen LogP contribution in [0, 0.1) is 12.7 Å². The van der Waals surface area contributed by atoms with Crippen LogP contribution in [-0.2, 0) is 21.2 Å². The van der Waals surface area contributed by atoms with Crippen LogP contribution in [0.1, 0.15) is 17.5 Å². The minimum atomic E-state index is -3.85. The first-order valence-electron chi connectivity index (χ1n) is 7.95. The molecule has 2 N–H and O–H groups in total. The van der Waals surface area contributed by atoms with Crippen molar-refractivity contribution in [1.29, 1.82) is 0 Å². The van der Waals surface area contributed by atoms with Gasteiger partial charge in [-0.3, -0.25) is 4.79 Å². The zero-order valence-corrected chi connectivity index (χ0v) is 14.8. The Labute approximate surface area is 147 Å². The Balaban J connectivity index is 1.77. The van der Waals surface area contributed by atoms with Crippen molar-refractivity contribution in [2.24, 2.45) is 0 Å². The van der Waals surface area contributed by atoms with E-state index in [1.54, 1.807) is 0 Å². The van der Waals surface area contributed by atoms with Crippen LogP contribution in [0.25, 0.3) is 0 Å². The van der Waals surface area contributed by atoms with Gasteiger partial charge in [0.15, 0.2) is 0 Å². The molecule has 2 rings (SSSR count). The summed E-state index contributed by atoms with van der Waals surface area (Å²) in [7, 11) is -3.85. The average Bonchev–Trinajstić information content (AvgIpc) is 2.57. The maximum absolute atomic E-state index is 13.1. The van der Waals surface area contributed by atoms with Crippen molar-refractivity contribution in [1.82, 2.24) is 10.0 Å². The van der Waals surface area contributed by atoms with Crippen molar-refractivity contribution in [3.05, 3.63) is 65.5 Å². The van der Waals surface area contributed by atoms with E-state index >= 15 is 0 Å². The predicted molar refractivity (Wildman–Crippen MR) is 94.1 cm³/mol. The number of rotatable bonds is 8. The molecule has 7 heteroatoms. The molecule has 0 fully saturated rings. The third-order valence-corrected chi connectivity index (χ3v) is 5.22. The van der Waals surface area contributed by atoms with Crippen molar-refractivity contribution in [2.75, 3.05) is 13.1 Å². The highest BCUT2D eigenvalue weighted by Gasteiger charge is 2.18. The largest absolute Gasteiger partial charge is 0.355 e. The summed E-state index contributed by atoms with van der Waals surface area (Å²) in [6.07, 6.45) is 1.60. The van der Waals surface area contributed by atoms with Gasteiger partial charge in [0.2, 0.25) is 15.9 Å². The van der Waals surface area contributed by atoms with E-state index in [4.69, 9.17) is 0 Å². The summed E-state index contributed by atoms with van der Waals surface area (Å²) in [6.45, 7) is 1.61. The number of hydrogen-bond acceptors (Lipinski definition) is 3. The highest BCUT2D eigenvalue weighted by atomic mass is 32.2. The number of sulfonamides is 1. The van der Waals surface area contributed by atoms with Crippen molar-refractivity contribution in [3.63, 3.8) is 0 Å². The maximum atomic E-state index is 13.1. The number of nitrogens with one attached hydrogen (secondary N) is 2. The summed E-state index contributed by atoms with van der Waals surface area (Å²) < 4.78 is 39.6. The molecule has 25 heavy (non-hydrogen) atoms. The molecule has 0 radical (unpaired) electrons. The molecule has 134 valence electrons. The lowest BCUT2D eigenvalue weighted by molar-refractivity contribution is -0.119. The number of carbonyl (C=O) groups excluding carboxylic acids is 1. The van der Waals surface area contributed by atoms with Gasteiger partial charge in [0.25, 0.3) is 0 Å². The summed E-state index contributed by atoms with van der Waals surface area (Å²) >= 11 is 0. The SMILES string of the molecule is Cc1cc(F)ccc1S(=O)(=O)NCC(=O)NCCCc1ccccc1. The van der Waals surface area contributed by atoms with Gasteiger partial charge in [-0.25, -0.2) is 17.5 Å². The Morgan fingerprint density at radius 1 is 1.12 bits per heavy atom. The second-order valence-corrected chi connectivity index (χ2v) is 7.41. The molecule has 1 amide bonds. The fourth-order valence-electron chi connectivity index (χ4n) is 2.38. The normalized spacial score (nSPS) is 11.3. The molecule has 2 aromatic rings. The minimum Gasteiger partial charge on any atom is -0.355 e. The lowest BCUT2D eigenvalue weighted by atomic mass is 10.1. The van der Waals surface area contributed by atoms with Crippen LogP contribution in [-0.4, -0.2) is 27.4 Å². The quantitative estimate of drug-likeness (QED) is 0.705. The van der Waals surface area contributed by atoms with Crippen LogP contribution in [0.5, 0.6) is 0 Å². The van der Waals surface area contributed by atoms with Crippen molar-refractivity contribution in [2.45, 2.75) is 24.7 Å². The van der Waals surface area contributed by atoms with E-state index in [9.17, 15) is 17.6 Å². The second kappa shape index (κ2) is 8.73. The molecule has 0 aliphatic carbocycles. The van der Waals surface area contributed by atoms with E-state index in [0.29, 0.717) is 6.54 Å².